The number of fused-ring (bicyclic) bond motifs is 1. The second kappa shape index (κ2) is 8.94. The van der Waals surface area contributed by atoms with Crippen molar-refractivity contribution < 1.29 is 23.0 Å². The molecule has 2 fully saturated rings. The SMILES string of the molecule is COc1ccc([C@@]23CC[C@@H](NC(=O)Nc4cc(F)cc(F)c4)C[C@H]2N(C)CC3)cc1OC. The summed E-state index contributed by atoms with van der Waals surface area (Å²) in [5.74, 6) is -0.0403. The van der Waals surface area contributed by atoms with Crippen LogP contribution in [0, 0.1) is 11.6 Å². The highest BCUT2D eigenvalue weighted by Gasteiger charge is 2.50. The molecule has 0 bridgehead atoms. The minimum atomic E-state index is -0.731. The van der Waals surface area contributed by atoms with Gasteiger partial charge >= 0.3 is 6.03 Å². The van der Waals surface area contributed by atoms with E-state index in [0.29, 0.717) is 5.75 Å². The van der Waals surface area contributed by atoms with Gasteiger partial charge in [0.2, 0.25) is 0 Å². The predicted octanol–water partition coefficient (Wildman–Crippen LogP) is 4.30. The zero-order chi connectivity index (χ0) is 22.9. The molecule has 0 radical (unpaired) electrons. The number of methoxy groups -OCH3 is 2. The summed E-state index contributed by atoms with van der Waals surface area (Å²) in [6.07, 6.45) is 3.54. The Morgan fingerprint density at radius 2 is 1.78 bits per heavy atom. The molecule has 2 aliphatic rings. The second-order valence-electron chi connectivity index (χ2n) is 8.70. The van der Waals surface area contributed by atoms with E-state index in [1.54, 1.807) is 14.2 Å². The molecule has 3 atom stereocenters. The van der Waals surface area contributed by atoms with Gasteiger partial charge in [-0.2, -0.15) is 0 Å². The first kappa shape index (κ1) is 22.3. The Morgan fingerprint density at radius 3 is 2.47 bits per heavy atom. The number of anilines is 1. The molecular formula is C24H29F2N3O3. The molecule has 2 aromatic rings. The van der Waals surface area contributed by atoms with Crippen LogP contribution in [0.15, 0.2) is 36.4 Å². The fraction of sp³-hybridized carbons (Fsp3) is 0.458. The van der Waals surface area contributed by atoms with E-state index in [9.17, 15) is 13.6 Å². The number of nitrogens with zero attached hydrogens (tertiary/aromatic N) is 1. The average molecular weight is 446 g/mol. The van der Waals surface area contributed by atoms with Crippen LogP contribution in [0.25, 0.3) is 0 Å². The van der Waals surface area contributed by atoms with Gasteiger partial charge in [0.1, 0.15) is 11.6 Å². The zero-order valence-corrected chi connectivity index (χ0v) is 18.6. The third-order valence-corrected chi connectivity index (χ3v) is 6.94. The lowest BCUT2D eigenvalue weighted by atomic mass is 9.65. The number of benzene rings is 2. The van der Waals surface area contributed by atoms with Gasteiger partial charge in [0.25, 0.3) is 0 Å². The predicted molar refractivity (Wildman–Crippen MR) is 118 cm³/mol. The van der Waals surface area contributed by atoms with Gasteiger partial charge in [-0.1, -0.05) is 6.07 Å². The Kier molecular flexibility index (Phi) is 6.24. The highest BCUT2D eigenvalue weighted by molar-refractivity contribution is 5.89. The van der Waals surface area contributed by atoms with Crippen LogP contribution in [0.5, 0.6) is 11.5 Å². The smallest absolute Gasteiger partial charge is 0.319 e. The van der Waals surface area contributed by atoms with Gasteiger partial charge in [0.05, 0.1) is 14.2 Å². The number of carbonyl (C=O) groups excluding carboxylic acids is 1. The summed E-state index contributed by atoms with van der Waals surface area (Å²) in [6.45, 7) is 0.973. The summed E-state index contributed by atoms with van der Waals surface area (Å²) >= 11 is 0. The van der Waals surface area contributed by atoms with Gasteiger partial charge < -0.3 is 25.0 Å². The van der Waals surface area contributed by atoms with Crippen molar-refractivity contribution in [2.24, 2.45) is 0 Å². The standard InChI is InChI=1S/C24H29F2N3O3/c1-29-9-8-24(15-4-5-20(31-2)21(10-15)32-3)7-6-18(14-22(24)29)27-23(30)28-19-12-16(25)11-17(26)13-19/h4-5,10-13,18,22H,6-9,14H2,1-3H3,(H2,27,28,30)/t18-,22-,24+/m1/s1. The lowest BCUT2D eigenvalue weighted by Crippen LogP contribution is -2.52. The Morgan fingerprint density at radius 1 is 1.06 bits per heavy atom. The fourth-order valence-electron chi connectivity index (χ4n) is 5.37. The maximum atomic E-state index is 13.4. The number of amides is 2. The largest absolute Gasteiger partial charge is 0.493 e. The highest BCUT2D eigenvalue weighted by Crippen LogP contribution is 2.49. The van der Waals surface area contributed by atoms with E-state index in [1.165, 1.54) is 5.56 Å². The first-order chi connectivity index (χ1) is 15.3. The van der Waals surface area contributed by atoms with E-state index in [-0.39, 0.29) is 23.2 Å². The topological polar surface area (TPSA) is 62.8 Å². The Balaban J connectivity index is 1.48. The summed E-state index contributed by atoms with van der Waals surface area (Å²) in [6, 6.07) is 8.86. The van der Waals surface area contributed by atoms with Gasteiger partial charge in [-0.25, -0.2) is 13.6 Å². The van der Waals surface area contributed by atoms with Gasteiger partial charge in [0.15, 0.2) is 11.5 Å². The summed E-state index contributed by atoms with van der Waals surface area (Å²) in [5, 5.41) is 5.52. The third-order valence-electron chi connectivity index (χ3n) is 6.94. The maximum Gasteiger partial charge on any atom is 0.319 e. The van der Waals surface area contributed by atoms with Crippen molar-refractivity contribution in [3.63, 3.8) is 0 Å². The summed E-state index contributed by atoms with van der Waals surface area (Å²) in [4.78, 5) is 14.8. The molecule has 172 valence electrons. The molecule has 1 saturated carbocycles. The Hall–Kier alpha value is -2.87. The third kappa shape index (κ3) is 4.24. The van der Waals surface area contributed by atoms with Crippen molar-refractivity contribution in [1.82, 2.24) is 10.2 Å². The number of rotatable bonds is 5. The number of nitrogens with one attached hydrogen (secondary N) is 2. The molecule has 0 unspecified atom stereocenters. The number of carbonyl (C=O) groups is 1. The molecular weight excluding hydrogens is 416 g/mol. The van der Waals surface area contributed by atoms with E-state index >= 15 is 0 Å². The molecule has 1 aliphatic carbocycles. The first-order valence-electron chi connectivity index (χ1n) is 10.8. The monoisotopic (exact) mass is 445 g/mol. The molecule has 1 heterocycles. The minimum absolute atomic E-state index is 0.0192. The van der Waals surface area contributed by atoms with E-state index in [2.05, 4.69) is 34.7 Å². The van der Waals surface area contributed by atoms with E-state index in [0.717, 1.165) is 56.2 Å². The number of halogens is 2. The van der Waals surface area contributed by atoms with Crippen LogP contribution in [0.4, 0.5) is 19.3 Å². The van der Waals surface area contributed by atoms with Gasteiger partial charge in [-0.15, -0.1) is 0 Å². The average Bonchev–Trinajstić information content (AvgIpc) is 3.09. The summed E-state index contributed by atoms with van der Waals surface area (Å²) < 4.78 is 37.7. The molecule has 4 rings (SSSR count). The lowest BCUT2D eigenvalue weighted by Gasteiger charge is -2.45. The van der Waals surface area contributed by atoms with Gasteiger partial charge in [-0.3, -0.25) is 0 Å². The Bertz CT molecular complexity index is 982. The summed E-state index contributed by atoms with van der Waals surface area (Å²) in [5.41, 5.74) is 1.30. The number of hydrogen-bond donors (Lipinski definition) is 2. The fourth-order valence-corrected chi connectivity index (χ4v) is 5.37. The number of likely N-dealkylation sites (N-methyl/N-ethyl adjacent to an activating group) is 1. The molecule has 2 N–H and O–H groups in total. The van der Waals surface area contributed by atoms with E-state index < -0.39 is 17.7 Å². The number of urea groups is 1. The number of ether oxygens (including phenoxy) is 2. The van der Waals surface area contributed by atoms with Gasteiger partial charge in [-0.05, 0) is 69.1 Å². The van der Waals surface area contributed by atoms with Crippen LogP contribution in [-0.2, 0) is 5.41 Å². The van der Waals surface area contributed by atoms with E-state index in [1.807, 2.05) is 6.07 Å². The number of hydrogen-bond acceptors (Lipinski definition) is 4. The van der Waals surface area contributed by atoms with Crippen LogP contribution in [0.1, 0.15) is 31.2 Å². The lowest BCUT2D eigenvalue weighted by molar-refractivity contribution is 0.156. The van der Waals surface area contributed by atoms with Crippen molar-refractivity contribution in [1.29, 1.82) is 0 Å². The van der Waals surface area contributed by atoms with Crippen molar-refractivity contribution in [3.05, 3.63) is 53.6 Å². The normalized spacial score (nSPS) is 25.2. The van der Waals surface area contributed by atoms with Crippen LogP contribution < -0.4 is 20.1 Å². The van der Waals surface area contributed by atoms with Crippen LogP contribution in [0.2, 0.25) is 0 Å². The molecule has 1 aliphatic heterocycles. The van der Waals surface area contributed by atoms with Crippen molar-refractivity contribution in [3.8, 4) is 11.5 Å². The molecule has 0 spiro atoms. The number of likely N-dealkylation sites (tertiary alicyclic amines) is 1. The molecule has 0 aromatic heterocycles. The van der Waals surface area contributed by atoms with E-state index in [4.69, 9.17) is 9.47 Å². The second-order valence-corrected chi connectivity index (χ2v) is 8.70. The quantitative estimate of drug-likeness (QED) is 0.721. The van der Waals surface area contributed by atoms with Crippen molar-refractivity contribution in [2.75, 3.05) is 33.1 Å². The molecule has 32 heavy (non-hydrogen) atoms. The molecule has 2 amide bonds. The maximum absolute atomic E-state index is 13.4. The molecule has 6 nitrogen and oxygen atoms in total. The zero-order valence-electron chi connectivity index (χ0n) is 18.6. The Labute approximate surface area is 186 Å². The van der Waals surface area contributed by atoms with Crippen LogP contribution in [-0.4, -0.2) is 50.8 Å². The highest BCUT2D eigenvalue weighted by atomic mass is 19.1. The van der Waals surface area contributed by atoms with Gasteiger partial charge in [0, 0.05) is 29.3 Å². The van der Waals surface area contributed by atoms with Crippen molar-refractivity contribution >= 4 is 11.7 Å². The minimum Gasteiger partial charge on any atom is -0.493 e. The van der Waals surface area contributed by atoms with Crippen LogP contribution >= 0.6 is 0 Å². The summed E-state index contributed by atoms with van der Waals surface area (Å²) in [7, 11) is 5.38. The van der Waals surface area contributed by atoms with Crippen LogP contribution in [0.3, 0.4) is 0 Å². The molecule has 1 saturated heterocycles. The van der Waals surface area contributed by atoms with Crippen molar-refractivity contribution in [2.45, 2.75) is 43.2 Å². The molecule has 2 aromatic carbocycles. The molecule has 8 heteroatoms. The first-order valence-corrected chi connectivity index (χ1v) is 10.8.